The zero-order chi connectivity index (χ0) is 14.4. The number of halogens is 1. The smallest absolute Gasteiger partial charge is 0.307 e. The van der Waals surface area contributed by atoms with Gasteiger partial charge in [-0.15, -0.1) is 12.4 Å². The van der Waals surface area contributed by atoms with E-state index < -0.39 is 5.97 Å². The molecule has 0 radical (unpaired) electrons. The predicted octanol–water partition coefficient (Wildman–Crippen LogP) is 1.90. The number of likely N-dealkylation sites (tertiary alicyclic amines) is 1. The average molecular weight is 307 g/mol. The fraction of sp³-hybridized carbons (Fsp3) is 0.857. The molecular formula is C14H27ClN2O3. The second kappa shape index (κ2) is 9.19. The first-order chi connectivity index (χ1) is 8.95. The van der Waals surface area contributed by atoms with E-state index in [9.17, 15) is 9.59 Å². The van der Waals surface area contributed by atoms with Crippen molar-refractivity contribution < 1.29 is 14.7 Å². The molecule has 1 aliphatic rings. The van der Waals surface area contributed by atoms with Crippen LogP contribution in [0.25, 0.3) is 0 Å². The predicted molar refractivity (Wildman–Crippen MR) is 81.2 cm³/mol. The number of hydrogen-bond acceptors (Lipinski definition) is 3. The molecule has 1 amide bonds. The molecule has 0 aromatic heterocycles. The van der Waals surface area contributed by atoms with Crippen LogP contribution in [0.5, 0.6) is 0 Å². The first-order valence-corrected chi connectivity index (χ1v) is 7.23. The lowest BCUT2D eigenvalue weighted by Gasteiger charge is -2.34. The summed E-state index contributed by atoms with van der Waals surface area (Å²) in [6.07, 6.45) is 3.57. The molecule has 6 heteroatoms. The minimum atomic E-state index is -0.753. The highest BCUT2D eigenvalue weighted by atomic mass is 35.5. The van der Waals surface area contributed by atoms with Crippen LogP contribution in [0.4, 0.5) is 0 Å². The molecule has 1 aliphatic heterocycles. The molecule has 0 aromatic rings. The lowest BCUT2D eigenvalue weighted by Crippen LogP contribution is -2.51. The molecule has 3 atom stereocenters. The average Bonchev–Trinajstić information content (AvgIpc) is 2.38. The second-order valence-corrected chi connectivity index (χ2v) is 5.55. The zero-order valence-electron chi connectivity index (χ0n) is 12.6. The number of hydrogen-bond donors (Lipinski definition) is 2. The summed E-state index contributed by atoms with van der Waals surface area (Å²) in [7, 11) is 0. The third kappa shape index (κ3) is 5.67. The van der Waals surface area contributed by atoms with Crippen molar-refractivity contribution in [2.75, 3.05) is 13.1 Å². The number of aliphatic carboxylic acids is 1. The minimum absolute atomic E-state index is 0. The first kappa shape index (κ1) is 19.2. The van der Waals surface area contributed by atoms with Gasteiger partial charge in [0.25, 0.3) is 0 Å². The topological polar surface area (TPSA) is 69.6 Å². The minimum Gasteiger partial charge on any atom is -0.481 e. The zero-order valence-corrected chi connectivity index (χ0v) is 13.4. The number of piperidine rings is 1. The van der Waals surface area contributed by atoms with E-state index in [1.165, 1.54) is 0 Å². The van der Waals surface area contributed by atoms with Gasteiger partial charge in [-0.25, -0.2) is 0 Å². The molecule has 1 saturated heterocycles. The monoisotopic (exact) mass is 306 g/mol. The van der Waals surface area contributed by atoms with Gasteiger partial charge < -0.3 is 10.4 Å². The number of carboxylic acids is 1. The Bertz CT molecular complexity index is 326. The summed E-state index contributed by atoms with van der Waals surface area (Å²) in [6, 6.07) is -0.0681. The molecule has 5 nitrogen and oxygen atoms in total. The number of nitrogens with zero attached hydrogens (tertiary/aromatic N) is 1. The highest BCUT2D eigenvalue weighted by Crippen LogP contribution is 2.18. The Kier molecular flexibility index (Phi) is 8.81. The fourth-order valence-electron chi connectivity index (χ4n) is 2.59. The molecule has 0 spiro atoms. The normalized spacial score (nSPS) is 22.4. The molecule has 3 unspecified atom stereocenters. The van der Waals surface area contributed by atoms with Crippen LogP contribution in [0.3, 0.4) is 0 Å². The van der Waals surface area contributed by atoms with Gasteiger partial charge in [0.1, 0.15) is 0 Å². The van der Waals surface area contributed by atoms with Crippen LogP contribution in [0, 0.1) is 5.92 Å². The van der Waals surface area contributed by atoms with Crippen molar-refractivity contribution in [3.8, 4) is 0 Å². The van der Waals surface area contributed by atoms with Gasteiger partial charge in [-0.3, -0.25) is 14.5 Å². The summed E-state index contributed by atoms with van der Waals surface area (Å²) >= 11 is 0. The Hall–Kier alpha value is -0.810. The second-order valence-electron chi connectivity index (χ2n) is 5.55. The van der Waals surface area contributed by atoms with Crippen molar-refractivity contribution in [1.82, 2.24) is 10.2 Å². The van der Waals surface area contributed by atoms with Crippen LogP contribution in [0.2, 0.25) is 0 Å². The van der Waals surface area contributed by atoms with Crippen molar-refractivity contribution in [2.24, 2.45) is 5.92 Å². The van der Waals surface area contributed by atoms with E-state index in [4.69, 9.17) is 5.11 Å². The van der Waals surface area contributed by atoms with E-state index in [1.54, 1.807) is 0 Å². The van der Waals surface area contributed by atoms with Gasteiger partial charge in [0.15, 0.2) is 0 Å². The quantitative estimate of drug-likeness (QED) is 0.786. The van der Waals surface area contributed by atoms with Crippen LogP contribution in [-0.4, -0.2) is 47.1 Å². The molecule has 2 N–H and O–H groups in total. The summed E-state index contributed by atoms with van der Waals surface area (Å²) in [6.45, 7) is 7.24. The van der Waals surface area contributed by atoms with Crippen molar-refractivity contribution in [3.05, 3.63) is 0 Å². The lowest BCUT2D eigenvalue weighted by atomic mass is 9.97. The van der Waals surface area contributed by atoms with Crippen LogP contribution >= 0.6 is 12.4 Å². The lowest BCUT2D eigenvalue weighted by molar-refractivity contribution is -0.145. The summed E-state index contributed by atoms with van der Waals surface area (Å²) in [5, 5.41) is 12.1. The molecule has 1 heterocycles. The molecule has 0 bridgehead atoms. The molecule has 0 aromatic carbocycles. The van der Waals surface area contributed by atoms with Gasteiger partial charge in [0.2, 0.25) is 5.91 Å². The Morgan fingerprint density at radius 2 is 2.05 bits per heavy atom. The molecular weight excluding hydrogens is 280 g/mol. The fourth-order valence-corrected chi connectivity index (χ4v) is 2.59. The van der Waals surface area contributed by atoms with E-state index >= 15 is 0 Å². The molecule has 118 valence electrons. The Labute approximate surface area is 127 Å². The summed E-state index contributed by atoms with van der Waals surface area (Å²) < 4.78 is 0. The molecule has 20 heavy (non-hydrogen) atoms. The highest BCUT2D eigenvalue weighted by molar-refractivity contribution is 5.85. The molecule has 0 aliphatic carbocycles. The Morgan fingerprint density at radius 3 is 2.60 bits per heavy atom. The summed E-state index contributed by atoms with van der Waals surface area (Å²) in [4.78, 5) is 25.1. The van der Waals surface area contributed by atoms with Gasteiger partial charge in [0.05, 0.1) is 12.0 Å². The number of carboxylic acid groups (broad SMARTS) is 1. The number of amides is 1. The van der Waals surface area contributed by atoms with Gasteiger partial charge in [-0.05, 0) is 39.7 Å². The first-order valence-electron chi connectivity index (χ1n) is 7.23. The summed E-state index contributed by atoms with van der Waals surface area (Å²) in [5.41, 5.74) is 0. The van der Waals surface area contributed by atoms with E-state index in [0.717, 1.165) is 25.8 Å². The molecule has 1 fully saturated rings. The van der Waals surface area contributed by atoms with Crippen molar-refractivity contribution >= 4 is 24.3 Å². The Balaban J connectivity index is 0.00000361. The van der Waals surface area contributed by atoms with E-state index in [0.29, 0.717) is 13.0 Å². The molecule has 0 saturated carbocycles. The highest BCUT2D eigenvalue weighted by Gasteiger charge is 2.30. The van der Waals surface area contributed by atoms with Gasteiger partial charge in [-0.2, -0.15) is 0 Å². The van der Waals surface area contributed by atoms with E-state index in [1.807, 2.05) is 18.7 Å². The van der Waals surface area contributed by atoms with Crippen molar-refractivity contribution in [1.29, 1.82) is 0 Å². The van der Waals surface area contributed by atoms with E-state index in [-0.39, 0.29) is 36.3 Å². The van der Waals surface area contributed by atoms with Gasteiger partial charge in [0, 0.05) is 12.6 Å². The third-order valence-electron chi connectivity index (χ3n) is 3.84. The van der Waals surface area contributed by atoms with Crippen LogP contribution < -0.4 is 5.32 Å². The number of carbonyl (C=O) groups is 2. The number of nitrogens with one attached hydrogen (secondary N) is 1. The number of carbonyl (C=O) groups excluding carboxylic acids is 1. The summed E-state index contributed by atoms with van der Waals surface area (Å²) in [5.74, 6) is -1.08. The maximum atomic E-state index is 12.1. The largest absolute Gasteiger partial charge is 0.481 e. The maximum absolute atomic E-state index is 12.1. The maximum Gasteiger partial charge on any atom is 0.307 e. The van der Waals surface area contributed by atoms with Crippen LogP contribution in [0.15, 0.2) is 0 Å². The van der Waals surface area contributed by atoms with Crippen LogP contribution in [-0.2, 0) is 9.59 Å². The van der Waals surface area contributed by atoms with E-state index in [2.05, 4.69) is 12.2 Å². The third-order valence-corrected chi connectivity index (χ3v) is 3.84. The standard InChI is InChI=1S/C14H26N2O3.ClH/c1-4-6-10(2)15-13(17)11(3)16-8-5-7-12(9-16)14(18)19;/h10-12H,4-9H2,1-3H3,(H,15,17)(H,18,19);1H. The number of rotatable bonds is 6. The van der Waals surface area contributed by atoms with Crippen molar-refractivity contribution in [2.45, 2.75) is 58.5 Å². The molecule has 1 rings (SSSR count). The van der Waals surface area contributed by atoms with Crippen molar-refractivity contribution in [3.63, 3.8) is 0 Å². The van der Waals surface area contributed by atoms with Gasteiger partial charge in [-0.1, -0.05) is 13.3 Å². The Morgan fingerprint density at radius 1 is 1.40 bits per heavy atom. The van der Waals surface area contributed by atoms with Crippen LogP contribution in [0.1, 0.15) is 46.5 Å². The van der Waals surface area contributed by atoms with Gasteiger partial charge >= 0.3 is 5.97 Å². The SMILES string of the molecule is CCCC(C)NC(=O)C(C)N1CCCC(C(=O)O)C1.Cl.